The largest absolute Gasteiger partial charge is 0.416 e. The third-order valence-electron chi connectivity index (χ3n) is 7.38. The zero-order chi connectivity index (χ0) is 27.9. The molecule has 1 amide bonds. The Labute approximate surface area is 230 Å². The van der Waals surface area contributed by atoms with Gasteiger partial charge in [0, 0.05) is 37.7 Å². The van der Waals surface area contributed by atoms with Gasteiger partial charge in [-0.3, -0.25) is 14.2 Å². The molecule has 6 rings (SSSR count). The van der Waals surface area contributed by atoms with Crippen molar-refractivity contribution < 1.29 is 22.5 Å². The number of thiazole rings is 1. The number of alkyl halides is 3. The van der Waals surface area contributed by atoms with E-state index in [1.807, 2.05) is 4.90 Å². The van der Waals surface area contributed by atoms with E-state index in [4.69, 9.17) is 4.52 Å². The van der Waals surface area contributed by atoms with Crippen LogP contribution in [0.1, 0.15) is 43.6 Å². The molecule has 0 aliphatic carbocycles. The standard InChI is InChI=1S/C26H26F3N7O3S/c27-26(28,29)18-6-4-5-17(13-18)21-31-19(39-33-21)14-36-15-30-22-20(24(36)38)40-25(32-22)35-11-7-16(8-12-35)23(37)34-9-2-1-3-10-34/h4-6,13,15-16H,1-3,7-12,14H2. The van der Waals surface area contributed by atoms with E-state index in [0.29, 0.717) is 28.6 Å². The molecular formula is C26H26F3N7O3S. The summed E-state index contributed by atoms with van der Waals surface area (Å²) in [6, 6.07) is 4.63. The number of carbonyl (C=O) groups excluding carboxylic acids is 1. The fourth-order valence-electron chi connectivity index (χ4n) is 5.19. The molecule has 2 saturated heterocycles. The van der Waals surface area contributed by atoms with Gasteiger partial charge in [-0.15, -0.1) is 0 Å². The maximum atomic E-state index is 13.2. The first-order valence-corrected chi connectivity index (χ1v) is 14.0. The molecule has 0 atom stereocenters. The van der Waals surface area contributed by atoms with Gasteiger partial charge in [0.15, 0.2) is 10.8 Å². The van der Waals surface area contributed by atoms with Crippen molar-refractivity contribution in [3.63, 3.8) is 0 Å². The molecule has 14 heteroatoms. The van der Waals surface area contributed by atoms with Crippen molar-refractivity contribution in [2.75, 3.05) is 31.1 Å². The van der Waals surface area contributed by atoms with Gasteiger partial charge in [0.1, 0.15) is 17.6 Å². The number of carbonyl (C=O) groups is 1. The molecular weight excluding hydrogens is 547 g/mol. The molecule has 4 aromatic rings. The van der Waals surface area contributed by atoms with Crippen LogP contribution >= 0.6 is 11.3 Å². The van der Waals surface area contributed by atoms with Crippen molar-refractivity contribution in [2.45, 2.75) is 44.8 Å². The van der Waals surface area contributed by atoms with Crippen molar-refractivity contribution in [1.29, 1.82) is 0 Å². The molecule has 0 saturated carbocycles. The van der Waals surface area contributed by atoms with E-state index in [1.165, 1.54) is 40.8 Å². The van der Waals surface area contributed by atoms with E-state index in [0.717, 1.165) is 50.9 Å². The number of hydrogen-bond donors (Lipinski definition) is 0. The Morgan fingerprint density at radius 2 is 1.85 bits per heavy atom. The Morgan fingerprint density at radius 1 is 1.07 bits per heavy atom. The Kier molecular flexibility index (Phi) is 7.02. The fraction of sp³-hybridized carbons (Fsp3) is 0.462. The van der Waals surface area contributed by atoms with Crippen LogP contribution in [0.25, 0.3) is 21.7 Å². The SMILES string of the molecule is O=C(C1CCN(c2nc3ncn(Cc4nc(-c5cccc(C(F)(F)F)c5)no4)c(=O)c3s2)CC1)N1CCCCC1. The van der Waals surface area contributed by atoms with Crippen molar-refractivity contribution in [2.24, 2.45) is 5.92 Å². The van der Waals surface area contributed by atoms with Crippen LogP contribution < -0.4 is 10.5 Å². The van der Waals surface area contributed by atoms with Crippen LogP contribution in [0.15, 0.2) is 39.9 Å². The van der Waals surface area contributed by atoms with Gasteiger partial charge in [-0.1, -0.05) is 28.6 Å². The number of benzene rings is 1. The average Bonchev–Trinajstić information content (AvgIpc) is 3.62. The lowest BCUT2D eigenvalue weighted by Crippen LogP contribution is -2.44. The highest BCUT2D eigenvalue weighted by atomic mass is 32.1. The lowest BCUT2D eigenvalue weighted by Gasteiger charge is -2.35. The Bertz CT molecular complexity index is 1580. The van der Waals surface area contributed by atoms with E-state index in [2.05, 4.69) is 25.0 Å². The van der Waals surface area contributed by atoms with Gasteiger partial charge < -0.3 is 14.3 Å². The van der Waals surface area contributed by atoms with Crippen LogP contribution in [0.3, 0.4) is 0 Å². The first kappa shape index (κ1) is 26.4. The van der Waals surface area contributed by atoms with Gasteiger partial charge in [-0.05, 0) is 44.2 Å². The number of aromatic nitrogens is 5. The second kappa shape index (κ2) is 10.6. The highest BCUT2D eigenvalue weighted by Crippen LogP contribution is 2.32. The Morgan fingerprint density at radius 3 is 2.60 bits per heavy atom. The van der Waals surface area contributed by atoms with Crippen molar-refractivity contribution >= 4 is 32.7 Å². The van der Waals surface area contributed by atoms with Gasteiger partial charge >= 0.3 is 6.18 Å². The van der Waals surface area contributed by atoms with Crippen LogP contribution in [0.5, 0.6) is 0 Å². The first-order chi connectivity index (χ1) is 19.3. The van der Waals surface area contributed by atoms with E-state index in [-0.39, 0.29) is 41.2 Å². The topological polar surface area (TPSA) is 110 Å². The maximum Gasteiger partial charge on any atom is 0.416 e. The molecule has 2 aliphatic rings. The van der Waals surface area contributed by atoms with Gasteiger partial charge in [0.05, 0.1) is 5.56 Å². The summed E-state index contributed by atoms with van der Waals surface area (Å²) in [5.74, 6) is 0.325. The average molecular weight is 574 g/mol. The number of nitrogens with zero attached hydrogens (tertiary/aromatic N) is 7. The summed E-state index contributed by atoms with van der Waals surface area (Å²) in [6.07, 6.45) is 1.67. The second-order valence-corrected chi connectivity index (χ2v) is 11.0. The van der Waals surface area contributed by atoms with Crippen LogP contribution in [-0.4, -0.2) is 61.7 Å². The molecule has 210 valence electrons. The molecule has 2 fully saturated rings. The van der Waals surface area contributed by atoms with E-state index >= 15 is 0 Å². The van der Waals surface area contributed by atoms with Crippen LogP contribution in [-0.2, 0) is 17.5 Å². The molecule has 0 unspecified atom stereocenters. The minimum atomic E-state index is -4.50. The predicted octanol–water partition coefficient (Wildman–Crippen LogP) is 4.20. The number of halogens is 3. The summed E-state index contributed by atoms with van der Waals surface area (Å²) in [6.45, 7) is 2.97. The Hall–Kier alpha value is -3.81. The minimum absolute atomic E-state index is 0.00886. The highest BCUT2D eigenvalue weighted by Gasteiger charge is 2.32. The molecule has 5 heterocycles. The lowest BCUT2D eigenvalue weighted by atomic mass is 9.94. The van der Waals surface area contributed by atoms with E-state index in [1.54, 1.807) is 0 Å². The van der Waals surface area contributed by atoms with Crippen LogP contribution in [0.2, 0.25) is 0 Å². The molecule has 0 N–H and O–H groups in total. The van der Waals surface area contributed by atoms with Gasteiger partial charge in [-0.2, -0.15) is 23.1 Å². The smallest absolute Gasteiger partial charge is 0.348 e. The summed E-state index contributed by atoms with van der Waals surface area (Å²) >= 11 is 1.25. The number of likely N-dealkylation sites (tertiary alicyclic amines) is 1. The van der Waals surface area contributed by atoms with E-state index < -0.39 is 11.7 Å². The molecule has 3 aromatic heterocycles. The number of rotatable bonds is 5. The van der Waals surface area contributed by atoms with Crippen molar-refractivity contribution in [3.8, 4) is 11.4 Å². The molecule has 1 aromatic carbocycles. The molecule has 10 nitrogen and oxygen atoms in total. The third kappa shape index (κ3) is 5.31. The number of piperidine rings is 2. The van der Waals surface area contributed by atoms with Gasteiger partial charge in [0.2, 0.25) is 17.6 Å². The zero-order valence-corrected chi connectivity index (χ0v) is 22.2. The second-order valence-electron chi connectivity index (χ2n) is 10.1. The van der Waals surface area contributed by atoms with Crippen molar-refractivity contribution in [1.82, 2.24) is 29.6 Å². The highest BCUT2D eigenvalue weighted by molar-refractivity contribution is 7.22. The fourth-order valence-corrected chi connectivity index (χ4v) is 6.21. The molecule has 2 aliphatic heterocycles. The summed E-state index contributed by atoms with van der Waals surface area (Å²) in [4.78, 5) is 43.2. The van der Waals surface area contributed by atoms with Gasteiger partial charge in [-0.25, -0.2) is 4.98 Å². The summed E-state index contributed by atoms with van der Waals surface area (Å²) < 4.78 is 46.1. The van der Waals surface area contributed by atoms with Gasteiger partial charge in [0.25, 0.3) is 5.56 Å². The van der Waals surface area contributed by atoms with Crippen LogP contribution in [0, 0.1) is 5.92 Å². The number of amides is 1. The molecule has 0 bridgehead atoms. The minimum Gasteiger partial charge on any atom is -0.348 e. The predicted molar refractivity (Wildman–Crippen MR) is 141 cm³/mol. The Balaban J connectivity index is 1.14. The molecule has 40 heavy (non-hydrogen) atoms. The first-order valence-electron chi connectivity index (χ1n) is 13.2. The maximum absolute atomic E-state index is 13.2. The normalized spacial score (nSPS) is 17.1. The summed E-state index contributed by atoms with van der Waals surface area (Å²) in [5, 5.41) is 4.46. The molecule has 0 radical (unpaired) electrons. The zero-order valence-electron chi connectivity index (χ0n) is 21.4. The lowest BCUT2D eigenvalue weighted by molar-refractivity contribution is -0.138. The number of fused-ring (bicyclic) bond motifs is 1. The van der Waals surface area contributed by atoms with Crippen molar-refractivity contribution in [3.05, 3.63) is 52.4 Å². The monoisotopic (exact) mass is 573 g/mol. The molecule has 0 spiro atoms. The third-order valence-corrected chi connectivity index (χ3v) is 8.47. The van der Waals surface area contributed by atoms with E-state index in [9.17, 15) is 22.8 Å². The number of anilines is 1. The quantitative estimate of drug-likeness (QED) is 0.350. The summed E-state index contributed by atoms with van der Waals surface area (Å²) in [7, 11) is 0. The van der Waals surface area contributed by atoms with Crippen LogP contribution in [0.4, 0.5) is 18.3 Å². The number of hydrogen-bond acceptors (Lipinski definition) is 9. The summed E-state index contributed by atoms with van der Waals surface area (Å²) in [5.41, 5.74) is -0.661.